The topological polar surface area (TPSA) is 0 Å². The molecule has 1 fully saturated rings. The molecule has 1 unspecified atom stereocenters. The number of fused-ring (bicyclic) bond motifs is 3. The molecule has 2 aliphatic rings. The van der Waals surface area contributed by atoms with E-state index in [1.54, 1.807) is 11.1 Å². The van der Waals surface area contributed by atoms with E-state index in [9.17, 15) is 0 Å². The predicted molar refractivity (Wildman–Crippen MR) is 92.7 cm³/mol. The van der Waals surface area contributed by atoms with Crippen LogP contribution in [0.5, 0.6) is 0 Å². The van der Waals surface area contributed by atoms with Crippen molar-refractivity contribution < 1.29 is 0 Å². The molecule has 21 heavy (non-hydrogen) atoms. The molecule has 1 saturated heterocycles. The third-order valence-electron chi connectivity index (χ3n) is 4.78. The molecule has 4 rings (SSSR count). The second kappa shape index (κ2) is 5.28. The van der Waals surface area contributed by atoms with E-state index in [1.807, 2.05) is 0 Å². The van der Waals surface area contributed by atoms with Crippen molar-refractivity contribution in [3.63, 3.8) is 0 Å². The quantitative estimate of drug-likeness (QED) is 0.602. The molecule has 108 valence electrons. The first kappa shape index (κ1) is 14.1. The molecule has 1 heterocycles. The molecule has 2 heteroatoms. The van der Waals surface area contributed by atoms with Crippen molar-refractivity contribution >= 4 is 29.9 Å². The SMILES string of the molecule is CC1(C)c2ccccc2-c2cccc(C3C[Se]CC[Se]3)c21. The Morgan fingerprint density at radius 1 is 0.952 bits per heavy atom. The van der Waals surface area contributed by atoms with Gasteiger partial charge in [-0.15, -0.1) is 0 Å². The van der Waals surface area contributed by atoms with E-state index in [4.69, 9.17) is 0 Å². The predicted octanol–water partition coefficient (Wildman–Crippen LogP) is 4.71. The van der Waals surface area contributed by atoms with Crippen molar-refractivity contribution in [2.45, 2.75) is 40.0 Å². The van der Waals surface area contributed by atoms with Crippen LogP contribution in [0.3, 0.4) is 0 Å². The second-order valence-electron chi connectivity index (χ2n) is 6.37. The van der Waals surface area contributed by atoms with E-state index in [1.165, 1.54) is 32.6 Å². The normalized spacial score (nSPS) is 22.7. The molecule has 0 aromatic heterocycles. The number of hydrogen-bond donors (Lipinski definition) is 0. The van der Waals surface area contributed by atoms with Crippen LogP contribution in [-0.4, -0.2) is 29.9 Å². The third-order valence-corrected chi connectivity index (χ3v) is 12.0. The van der Waals surface area contributed by atoms with Gasteiger partial charge in [-0.3, -0.25) is 0 Å². The first-order valence-electron chi connectivity index (χ1n) is 7.62. The zero-order valence-electron chi connectivity index (χ0n) is 12.6. The van der Waals surface area contributed by atoms with Crippen LogP contribution in [0.1, 0.15) is 35.4 Å². The van der Waals surface area contributed by atoms with Gasteiger partial charge in [0, 0.05) is 0 Å². The fraction of sp³-hybridized carbons (Fsp3) is 0.368. The minimum atomic E-state index is 0.170. The van der Waals surface area contributed by atoms with Crippen LogP contribution in [0.4, 0.5) is 0 Å². The van der Waals surface area contributed by atoms with Crippen LogP contribution in [0.15, 0.2) is 42.5 Å². The van der Waals surface area contributed by atoms with Gasteiger partial charge < -0.3 is 0 Å². The minimum absolute atomic E-state index is 0.170. The number of rotatable bonds is 1. The van der Waals surface area contributed by atoms with Gasteiger partial charge >= 0.3 is 140 Å². The monoisotopic (exact) mass is 408 g/mol. The molecule has 0 bridgehead atoms. The van der Waals surface area contributed by atoms with E-state index in [0.29, 0.717) is 0 Å². The Bertz CT molecular complexity index is 682. The first-order valence-corrected chi connectivity index (χ1v) is 12.2. The zero-order chi connectivity index (χ0) is 14.4. The molecular formula is C19H20Se2. The zero-order valence-corrected chi connectivity index (χ0v) is 16.0. The summed E-state index contributed by atoms with van der Waals surface area (Å²) in [5, 5.41) is 4.48. The molecule has 2 aromatic carbocycles. The van der Waals surface area contributed by atoms with Crippen molar-refractivity contribution in [3.05, 3.63) is 59.2 Å². The van der Waals surface area contributed by atoms with Gasteiger partial charge in [-0.25, -0.2) is 0 Å². The van der Waals surface area contributed by atoms with Crippen molar-refractivity contribution in [3.8, 4) is 11.1 Å². The molecule has 0 nitrogen and oxygen atoms in total. The van der Waals surface area contributed by atoms with Gasteiger partial charge in [0.25, 0.3) is 0 Å². The maximum atomic E-state index is 2.43. The summed E-state index contributed by atoms with van der Waals surface area (Å²) in [4.78, 5) is 0.870. The van der Waals surface area contributed by atoms with Gasteiger partial charge in [0.1, 0.15) is 0 Å². The molecule has 1 aliphatic carbocycles. The Balaban J connectivity index is 1.92. The molecule has 0 spiro atoms. The maximum absolute atomic E-state index is 2.43. The number of benzene rings is 2. The first-order chi connectivity index (χ1) is 10.2. The van der Waals surface area contributed by atoms with E-state index in [-0.39, 0.29) is 5.41 Å². The summed E-state index contributed by atoms with van der Waals surface area (Å²) in [5.41, 5.74) is 7.96. The Hall–Kier alpha value is -0.521. The molecular weight excluding hydrogens is 386 g/mol. The van der Waals surface area contributed by atoms with Gasteiger partial charge in [-0.05, 0) is 0 Å². The summed E-state index contributed by atoms with van der Waals surface area (Å²) >= 11 is 1.68. The molecule has 1 atom stereocenters. The summed E-state index contributed by atoms with van der Waals surface area (Å²) in [6, 6.07) is 16.1. The van der Waals surface area contributed by atoms with Crippen molar-refractivity contribution in [2.75, 3.05) is 0 Å². The molecule has 0 radical (unpaired) electrons. The van der Waals surface area contributed by atoms with Crippen LogP contribution in [0.2, 0.25) is 16.0 Å². The van der Waals surface area contributed by atoms with Gasteiger partial charge in [0.05, 0.1) is 0 Å². The summed E-state index contributed by atoms with van der Waals surface area (Å²) in [6.45, 7) is 4.84. The molecule has 2 aromatic rings. The standard InChI is InChI=1S/C19H20Se2/c1-19(2)16-9-4-3-6-13(16)14-7-5-8-15(18(14)19)17-12-20-10-11-21-17/h3-9,17H,10-12H2,1-2H3. The average molecular weight is 406 g/mol. The molecule has 0 saturated carbocycles. The average Bonchev–Trinajstić information content (AvgIpc) is 2.77. The van der Waals surface area contributed by atoms with Crippen LogP contribution in [-0.2, 0) is 5.41 Å². The Kier molecular flexibility index (Phi) is 3.55. The van der Waals surface area contributed by atoms with E-state index in [0.717, 1.165) is 34.7 Å². The Labute approximate surface area is 140 Å². The van der Waals surface area contributed by atoms with Gasteiger partial charge in [0.2, 0.25) is 0 Å². The fourth-order valence-corrected chi connectivity index (χ4v) is 11.5. The third kappa shape index (κ3) is 2.16. The summed E-state index contributed by atoms with van der Waals surface area (Å²) in [7, 11) is 0. The summed E-state index contributed by atoms with van der Waals surface area (Å²) in [6.07, 6.45) is 0. The van der Waals surface area contributed by atoms with Crippen LogP contribution in [0, 0.1) is 0 Å². The van der Waals surface area contributed by atoms with E-state index < -0.39 is 0 Å². The van der Waals surface area contributed by atoms with Crippen LogP contribution >= 0.6 is 0 Å². The Morgan fingerprint density at radius 3 is 2.57 bits per heavy atom. The molecule has 0 N–H and O–H groups in total. The van der Waals surface area contributed by atoms with Crippen molar-refractivity contribution in [1.82, 2.24) is 0 Å². The van der Waals surface area contributed by atoms with Gasteiger partial charge in [-0.1, -0.05) is 0 Å². The van der Waals surface area contributed by atoms with Gasteiger partial charge in [-0.2, -0.15) is 0 Å². The fourth-order valence-electron chi connectivity index (χ4n) is 3.83. The van der Waals surface area contributed by atoms with Crippen molar-refractivity contribution in [2.24, 2.45) is 0 Å². The van der Waals surface area contributed by atoms with Crippen LogP contribution < -0.4 is 0 Å². The summed E-state index contributed by atoms with van der Waals surface area (Å²) < 4.78 is 0. The van der Waals surface area contributed by atoms with Crippen molar-refractivity contribution in [1.29, 1.82) is 0 Å². The Morgan fingerprint density at radius 2 is 1.76 bits per heavy atom. The van der Waals surface area contributed by atoms with E-state index in [2.05, 4.69) is 56.3 Å². The van der Waals surface area contributed by atoms with E-state index >= 15 is 0 Å². The number of hydrogen-bond acceptors (Lipinski definition) is 0. The van der Waals surface area contributed by atoms with Gasteiger partial charge in [0.15, 0.2) is 0 Å². The second-order valence-corrected chi connectivity index (χ2v) is 11.5. The molecule has 0 amide bonds. The molecule has 1 aliphatic heterocycles. The summed E-state index contributed by atoms with van der Waals surface area (Å²) in [5.74, 6) is 0. The van der Waals surface area contributed by atoms with Crippen LogP contribution in [0.25, 0.3) is 11.1 Å².